The molecule has 0 heterocycles. The topological polar surface area (TPSA) is 26.0 Å². The van der Waals surface area contributed by atoms with Gasteiger partial charge in [0.05, 0.1) is 6.04 Å². The van der Waals surface area contributed by atoms with Gasteiger partial charge in [-0.15, -0.1) is 0 Å². The molecule has 0 saturated heterocycles. The highest BCUT2D eigenvalue weighted by atomic mass is 19.4. The molecule has 0 aliphatic rings. The van der Waals surface area contributed by atoms with E-state index in [2.05, 4.69) is 5.73 Å². The minimum Gasteiger partial charge on any atom is -0.323 e. The molecule has 0 saturated carbocycles. The Morgan fingerprint density at radius 1 is 1.18 bits per heavy atom. The molecule has 2 N–H and O–H groups in total. The Bertz CT molecular complexity index is 110. The van der Waals surface area contributed by atoms with Gasteiger partial charge in [0.15, 0.2) is 0 Å². The van der Waals surface area contributed by atoms with Crippen molar-refractivity contribution in [3.63, 3.8) is 0 Å². The van der Waals surface area contributed by atoms with Gasteiger partial charge in [0, 0.05) is 6.42 Å². The second-order valence-electron chi connectivity index (χ2n) is 2.15. The summed E-state index contributed by atoms with van der Waals surface area (Å²) in [7, 11) is 0. The summed E-state index contributed by atoms with van der Waals surface area (Å²) < 4.78 is 57.2. The van der Waals surface area contributed by atoms with E-state index in [1.165, 1.54) is 0 Å². The highest BCUT2D eigenvalue weighted by Crippen LogP contribution is 2.22. The van der Waals surface area contributed by atoms with Gasteiger partial charge in [0.25, 0.3) is 6.43 Å². The Morgan fingerprint density at radius 3 is 1.91 bits per heavy atom. The number of rotatable bonds is 3. The average molecular weight is 177 g/mol. The highest BCUT2D eigenvalue weighted by Gasteiger charge is 2.29. The molecule has 0 unspecified atom stereocenters. The Kier molecular flexibility index (Phi) is 3.71. The van der Waals surface area contributed by atoms with E-state index in [1.807, 2.05) is 0 Å². The molecule has 0 aliphatic heterocycles. The molecular formula is C5H8F5N. The van der Waals surface area contributed by atoms with Crippen LogP contribution in [0.4, 0.5) is 22.0 Å². The molecule has 0 aromatic rings. The number of alkyl halides is 5. The van der Waals surface area contributed by atoms with Gasteiger partial charge in [-0.1, -0.05) is 0 Å². The molecule has 11 heavy (non-hydrogen) atoms. The van der Waals surface area contributed by atoms with Crippen LogP contribution in [0.1, 0.15) is 12.8 Å². The average Bonchev–Trinajstić information content (AvgIpc) is 1.80. The lowest BCUT2D eigenvalue weighted by Gasteiger charge is -2.11. The van der Waals surface area contributed by atoms with E-state index in [0.29, 0.717) is 0 Å². The van der Waals surface area contributed by atoms with Crippen molar-refractivity contribution < 1.29 is 22.0 Å². The van der Waals surface area contributed by atoms with Crippen LogP contribution in [0.15, 0.2) is 0 Å². The smallest absolute Gasteiger partial charge is 0.323 e. The molecule has 1 nitrogen and oxygen atoms in total. The first kappa shape index (κ1) is 10.6. The predicted molar refractivity (Wildman–Crippen MR) is 29.3 cm³/mol. The molecule has 0 fully saturated rings. The summed E-state index contributed by atoms with van der Waals surface area (Å²) in [5, 5.41) is 0. The lowest BCUT2D eigenvalue weighted by molar-refractivity contribution is -0.137. The third-order valence-electron chi connectivity index (χ3n) is 1.08. The molecule has 0 amide bonds. The first-order valence-corrected chi connectivity index (χ1v) is 2.93. The molecule has 0 radical (unpaired) electrons. The minimum atomic E-state index is -4.40. The van der Waals surface area contributed by atoms with Crippen LogP contribution in [0.3, 0.4) is 0 Å². The molecule has 0 spiro atoms. The number of halogens is 5. The summed E-state index contributed by atoms with van der Waals surface area (Å²) in [6.45, 7) is 0. The SMILES string of the molecule is N[C@@H](CCC(F)(F)F)C(F)F. The third-order valence-corrected chi connectivity index (χ3v) is 1.08. The van der Waals surface area contributed by atoms with Crippen molar-refractivity contribution in [3.8, 4) is 0 Å². The highest BCUT2D eigenvalue weighted by molar-refractivity contribution is 4.65. The van der Waals surface area contributed by atoms with Crippen molar-refractivity contribution in [2.24, 2.45) is 5.73 Å². The van der Waals surface area contributed by atoms with Crippen molar-refractivity contribution in [2.75, 3.05) is 0 Å². The summed E-state index contributed by atoms with van der Waals surface area (Å²) in [6.07, 6.45) is -9.25. The lowest BCUT2D eigenvalue weighted by Crippen LogP contribution is -2.30. The number of nitrogens with two attached hydrogens (primary N) is 1. The minimum absolute atomic E-state index is 0.721. The molecule has 0 aromatic carbocycles. The summed E-state index contributed by atoms with van der Waals surface area (Å²) in [4.78, 5) is 0. The normalized spacial score (nSPS) is 15.5. The second kappa shape index (κ2) is 3.85. The first-order chi connectivity index (χ1) is 4.83. The molecule has 0 rings (SSSR count). The van der Waals surface area contributed by atoms with Gasteiger partial charge >= 0.3 is 6.18 Å². The third kappa shape index (κ3) is 6.03. The van der Waals surface area contributed by atoms with Crippen LogP contribution >= 0.6 is 0 Å². The van der Waals surface area contributed by atoms with Crippen LogP contribution in [-0.4, -0.2) is 18.6 Å². The fourth-order valence-corrected chi connectivity index (χ4v) is 0.456. The van der Waals surface area contributed by atoms with Crippen LogP contribution in [0.2, 0.25) is 0 Å². The van der Waals surface area contributed by atoms with Crippen LogP contribution in [-0.2, 0) is 0 Å². The zero-order valence-corrected chi connectivity index (χ0v) is 5.54. The zero-order chi connectivity index (χ0) is 9.07. The van der Waals surface area contributed by atoms with Gasteiger partial charge in [-0.25, -0.2) is 8.78 Å². The van der Waals surface area contributed by atoms with E-state index < -0.39 is 31.5 Å². The second-order valence-corrected chi connectivity index (χ2v) is 2.15. The van der Waals surface area contributed by atoms with Crippen molar-refractivity contribution in [1.29, 1.82) is 0 Å². The molecule has 0 bridgehead atoms. The van der Waals surface area contributed by atoms with E-state index in [1.54, 1.807) is 0 Å². The van der Waals surface area contributed by atoms with E-state index in [4.69, 9.17) is 0 Å². The Labute approximate surface area is 60.4 Å². The van der Waals surface area contributed by atoms with Gasteiger partial charge in [-0.3, -0.25) is 0 Å². The summed E-state index contributed by atoms with van der Waals surface area (Å²) in [6, 6.07) is -1.67. The van der Waals surface area contributed by atoms with Crippen LogP contribution in [0, 0.1) is 0 Å². The molecular weight excluding hydrogens is 169 g/mol. The van der Waals surface area contributed by atoms with E-state index >= 15 is 0 Å². The van der Waals surface area contributed by atoms with Crippen molar-refractivity contribution in [3.05, 3.63) is 0 Å². The lowest BCUT2D eigenvalue weighted by atomic mass is 10.2. The van der Waals surface area contributed by atoms with Crippen molar-refractivity contribution in [2.45, 2.75) is 31.5 Å². The van der Waals surface area contributed by atoms with Crippen molar-refractivity contribution in [1.82, 2.24) is 0 Å². The molecule has 6 heteroatoms. The van der Waals surface area contributed by atoms with Gasteiger partial charge in [-0.2, -0.15) is 13.2 Å². The largest absolute Gasteiger partial charge is 0.389 e. The first-order valence-electron chi connectivity index (χ1n) is 2.93. The maximum Gasteiger partial charge on any atom is 0.389 e. The molecule has 68 valence electrons. The Morgan fingerprint density at radius 2 is 1.64 bits per heavy atom. The summed E-state index contributed by atoms with van der Waals surface area (Å²) in [5.41, 5.74) is 4.67. The molecule has 0 aromatic heterocycles. The van der Waals surface area contributed by atoms with Crippen LogP contribution < -0.4 is 5.73 Å². The van der Waals surface area contributed by atoms with Gasteiger partial charge in [0.2, 0.25) is 0 Å². The quantitative estimate of drug-likeness (QED) is 0.655. The standard InChI is InChI=1S/C5H8F5N/c6-4(7)3(11)1-2-5(8,9)10/h3-4H,1-2,11H2/t3-/m0/s1. The van der Waals surface area contributed by atoms with Gasteiger partial charge < -0.3 is 5.73 Å². The predicted octanol–water partition coefficient (Wildman–Crippen LogP) is 1.92. The Balaban J connectivity index is 3.54. The number of hydrogen-bond acceptors (Lipinski definition) is 1. The van der Waals surface area contributed by atoms with Gasteiger partial charge in [0.1, 0.15) is 0 Å². The molecule has 1 atom stereocenters. The summed E-state index contributed by atoms with van der Waals surface area (Å²) >= 11 is 0. The maximum atomic E-state index is 11.5. The van der Waals surface area contributed by atoms with Gasteiger partial charge in [-0.05, 0) is 6.42 Å². The fourth-order valence-electron chi connectivity index (χ4n) is 0.456. The van der Waals surface area contributed by atoms with E-state index in [-0.39, 0.29) is 0 Å². The van der Waals surface area contributed by atoms with Crippen LogP contribution in [0.5, 0.6) is 0 Å². The monoisotopic (exact) mass is 177 g/mol. The van der Waals surface area contributed by atoms with Crippen molar-refractivity contribution >= 4 is 0 Å². The molecule has 0 aliphatic carbocycles. The zero-order valence-electron chi connectivity index (χ0n) is 5.54. The fraction of sp³-hybridized carbons (Fsp3) is 1.00. The van der Waals surface area contributed by atoms with E-state index in [9.17, 15) is 22.0 Å². The van der Waals surface area contributed by atoms with E-state index in [0.717, 1.165) is 0 Å². The maximum absolute atomic E-state index is 11.5. The number of hydrogen-bond donors (Lipinski definition) is 1. The van der Waals surface area contributed by atoms with Crippen LogP contribution in [0.25, 0.3) is 0 Å². The Hall–Kier alpha value is -0.390. The summed E-state index contributed by atoms with van der Waals surface area (Å²) in [5.74, 6) is 0.